The molecule has 0 aliphatic carbocycles. The number of halogens is 1. The average Bonchev–Trinajstić information content (AvgIpc) is 2.41. The van der Waals surface area contributed by atoms with Crippen molar-refractivity contribution in [1.29, 1.82) is 0 Å². The van der Waals surface area contributed by atoms with Crippen LogP contribution >= 0.6 is 15.9 Å². The Kier molecular flexibility index (Phi) is 4.01. The first-order valence-corrected chi connectivity index (χ1v) is 6.19. The molecule has 0 unspecified atom stereocenters. The summed E-state index contributed by atoms with van der Waals surface area (Å²) in [6.07, 6.45) is 1.61. The van der Waals surface area contributed by atoms with Crippen molar-refractivity contribution in [3.63, 3.8) is 0 Å². The number of carbonyl (C=O) groups is 1. The summed E-state index contributed by atoms with van der Waals surface area (Å²) in [7, 11) is 1.54. The van der Waals surface area contributed by atoms with E-state index in [9.17, 15) is 4.79 Å². The second-order valence-corrected chi connectivity index (χ2v) is 4.57. The number of hydrogen-bond donors (Lipinski definition) is 2. The number of nitrogens with zero attached hydrogens (tertiary/aromatic N) is 1. The molecular weight excluding hydrogens is 312 g/mol. The minimum atomic E-state index is -0.983. The van der Waals surface area contributed by atoms with Crippen LogP contribution in [0.5, 0.6) is 5.88 Å². The van der Waals surface area contributed by atoms with E-state index in [-0.39, 0.29) is 5.56 Å². The van der Waals surface area contributed by atoms with Gasteiger partial charge in [-0.1, -0.05) is 0 Å². The summed E-state index contributed by atoms with van der Waals surface area (Å²) in [6.45, 7) is 0. The van der Waals surface area contributed by atoms with Gasteiger partial charge in [-0.2, -0.15) is 0 Å². The Bertz CT molecular complexity index is 617. The summed E-state index contributed by atoms with van der Waals surface area (Å²) in [4.78, 5) is 15.0. The maximum absolute atomic E-state index is 11.0. The standard InChI is InChI=1S/C13H11BrN2O3/c1-19-12-7-9(4-5-15-12)16-8-2-3-11(14)10(6-8)13(17)18/h2-7H,1H3,(H,15,16)(H,17,18). The summed E-state index contributed by atoms with van der Waals surface area (Å²) in [5.74, 6) is -0.497. The van der Waals surface area contributed by atoms with Crippen molar-refractivity contribution in [2.45, 2.75) is 0 Å². The molecule has 19 heavy (non-hydrogen) atoms. The molecule has 0 fully saturated rings. The van der Waals surface area contributed by atoms with Gasteiger partial charge >= 0.3 is 5.97 Å². The van der Waals surface area contributed by atoms with Crippen molar-refractivity contribution in [1.82, 2.24) is 4.98 Å². The Morgan fingerprint density at radius 2 is 2.05 bits per heavy atom. The minimum absolute atomic E-state index is 0.200. The number of hydrogen-bond acceptors (Lipinski definition) is 4. The molecule has 1 aromatic carbocycles. The van der Waals surface area contributed by atoms with Gasteiger partial charge in [0.1, 0.15) is 0 Å². The number of pyridine rings is 1. The second-order valence-electron chi connectivity index (χ2n) is 3.71. The molecule has 0 atom stereocenters. The van der Waals surface area contributed by atoms with Crippen LogP contribution in [0.3, 0.4) is 0 Å². The molecule has 0 amide bonds. The summed E-state index contributed by atoms with van der Waals surface area (Å²) in [5.41, 5.74) is 1.64. The molecule has 1 aromatic heterocycles. The van der Waals surface area contributed by atoms with E-state index in [0.29, 0.717) is 16.0 Å². The van der Waals surface area contributed by atoms with Gasteiger partial charge in [0.15, 0.2) is 0 Å². The summed E-state index contributed by atoms with van der Waals surface area (Å²) in [5, 5.41) is 12.1. The van der Waals surface area contributed by atoms with Crippen molar-refractivity contribution >= 4 is 33.3 Å². The van der Waals surface area contributed by atoms with E-state index in [0.717, 1.165) is 5.69 Å². The lowest BCUT2D eigenvalue weighted by molar-refractivity contribution is 0.0696. The van der Waals surface area contributed by atoms with Gasteiger partial charge in [0.2, 0.25) is 5.88 Å². The fourth-order valence-electron chi connectivity index (χ4n) is 1.53. The van der Waals surface area contributed by atoms with Crippen LogP contribution in [0.15, 0.2) is 41.0 Å². The van der Waals surface area contributed by atoms with Crippen molar-refractivity contribution in [2.75, 3.05) is 12.4 Å². The van der Waals surface area contributed by atoms with E-state index in [1.54, 1.807) is 36.5 Å². The normalized spacial score (nSPS) is 10.0. The summed E-state index contributed by atoms with van der Waals surface area (Å²) in [6, 6.07) is 8.51. The number of ether oxygens (including phenoxy) is 1. The Morgan fingerprint density at radius 1 is 1.32 bits per heavy atom. The van der Waals surface area contributed by atoms with E-state index < -0.39 is 5.97 Å². The van der Waals surface area contributed by atoms with Gasteiger partial charge in [-0.15, -0.1) is 0 Å². The molecule has 6 heteroatoms. The lowest BCUT2D eigenvalue weighted by Crippen LogP contribution is -2.00. The van der Waals surface area contributed by atoms with Crippen molar-refractivity contribution in [2.24, 2.45) is 0 Å². The number of anilines is 2. The fraction of sp³-hybridized carbons (Fsp3) is 0.0769. The van der Waals surface area contributed by atoms with Crippen molar-refractivity contribution in [3.8, 4) is 5.88 Å². The molecule has 0 saturated heterocycles. The maximum atomic E-state index is 11.0. The molecule has 2 N–H and O–H groups in total. The molecule has 0 aliphatic rings. The first kappa shape index (κ1) is 13.4. The smallest absolute Gasteiger partial charge is 0.336 e. The quantitative estimate of drug-likeness (QED) is 0.903. The second kappa shape index (κ2) is 5.71. The third-order valence-corrected chi connectivity index (χ3v) is 3.12. The van der Waals surface area contributed by atoms with Crippen LogP contribution in [0.4, 0.5) is 11.4 Å². The van der Waals surface area contributed by atoms with Gasteiger partial charge in [-0.3, -0.25) is 0 Å². The molecule has 98 valence electrons. The monoisotopic (exact) mass is 322 g/mol. The molecular formula is C13H11BrN2O3. The van der Waals surface area contributed by atoms with E-state index >= 15 is 0 Å². The van der Waals surface area contributed by atoms with Crippen LogP contribution in [0.25, 0.3) is 0 Å². The fourth-order valence-corrected chi connectivity index (χ4v) is 1.95. The molecule has 0 aliphatic heterocycles. The van der Waals surface area contributed by atoms with E-state index in [1.165, 1.54) is 7.11 Å². The zero-order chi connectivity index (χ0) is 13.8. The summed E-state index contributed by atoms with van der Waals surface area (Å²) >= 11 is 3.20. The molecule has 0 bridgehead atoms. The highest BCUT2D eigenvalue weighted by atomic mass is 79.9. The molecule has 0 radical (unpaired) electrons. The van der Waals surface area contributed by atoms with Gasteiger partial charge in [-0.25, -0.2) is 9.78 Å². The Hall–Kier alpha value is -2.08. The summed E-state index contributed by atoms with van der Waals surface area (Å²) < 4.78 is 5.56. The van der Waals surface area contributed by atoms with Crippen LogP contribution in [0.1, 0.15) is 10.4 Å². The van der Waals surface area contributed by atoms with Gasteiger partial charge in [0, 0.05) is 28.1 Å². The first-order valence-electron chi connectivity index (χ1n) is 5.40. The largest absolute Gasteiger partial charge is 0.481 e. The number of aromatic carboxylic acids is 1. The molecule has 0 spiro atoms. The first-order chi connectivity index (χ1) is 9.10. The van der Waals surface area contributed by atoms with Crippen LogP contribution in [0.2, 0.25) is 0 Å². The Balaban J connectivity index is 2.28. The van der Waals surface area contributed by atoms with E-state index in [4.69, 9.17) is 9.84 Å². The maximum Gasteiger partial charge on any atom is 0.336 e. The predicted molar refractivity (Wildman–Crippen MR) is 75.2 cm³/mol. The van der Waals surface area contributed by atoms with Gasteiger partial charge in [0.05, 0.1) is 12.7 Å². The number of benzene rings is 1. The van der Waals surface area contributed by atoms with Crippen molar-refractivity contribution in [3.05, 3.63) is 46.6 Å². The topological polar surface area (TPSA) is 71.5 Å². The van der Waals surface area contributed by atoms with Gasteiger partial charge < -0.3 is 15.2 Å². The molecule has 5 nitrogen and oxygen atoms in total. The highest BCUT2D eigenvalue weighted by molar-refractivity contribution is 9.10. The third kappa shape index (κ3) is 3.23. The van der Waals surface area contributed by atoms with Crippen LogP contribution in [-0.2, 0) is 0 Å². The Morgan fingerprint density at radius 3 is 2.74 bits per heavy atom. The third-order valence-electron chi connectivity index (χ3n) is 2.43. The van der Waals surface area contributed by atoms with E-state index in [1.807, 2.05) is 0 Å². The number of carboxylic acids is 1. The zero-order valence-corrected chi connectivity index (χ0v) is 11.6. The lowest BCUT2D eigenvalue weighted by atomic mass is 10.2. The molecule has 2 aromatic rings. The Labute approximate surface area is 118 Å². The number of aromatic nitrogens is 1. The van der Waals surface area contributed by atoms with Crippen molar-refractivity contribution < 1.29 is 14.6 Å². The van der Waals surface area contributed by atoms with E-state index in [2.05, 4.69) is 26.2 Å². The highest BCUT2D eigenvalue weighted by Crippen LogP contribution is 2.24. The SMILES string of the molecule is COc1cc(Nc2ccc(Br)c(C(=O)O)c2)ccn1. The number of carboxylic acid groups (broad SMARTS) is 1. The minimum Gasteiger partial charge on any atom is -0.481 e. The van der Waals surface area contributed by atoms with Crippen LogP contribution in [0, 0.1) is 0 Å². The predicted octanol–water partition coefficient (Wildman–Crippen LogP) is 3.29. The van der Waals surface area contributed by atoms with Crippen LogP contribution in [-0.4, -0.2) is 23.2 Å². The molecule has 1 heterocycles. The average molecular weight is 323 g/mol. The number of nitrogens with one attached hydrogen (secondary N) is 1. The van der Waals surface area contributed by atoms with Gasteiger partial charge in [-0.05, 0) is 40.2 Å². The molecule has 0 saturated carbocycles. The highest BCUT2D eigenvalue weighted by Gasteiger charge is 2.09. The van der Waals surface area contributed by atoms with Crippen LogP contribution < -0.4 is 10.1 Å². The molecule has 2 rings (SSSR count). The lowest BCUT2D eigenvalue weighted by Gasteiger charge is -2.09. The number of rotatable bonds is 4. The van der Waals surface area contributed by atoms with Gasteiger partial charge in [0.25, 0.3) is 0 Å². The number of methoxy groups -OCH3 is 1. The zero-order valence-electron chi connectivity index (χ0n) is 10.1.